The summed E-state index contributed by atoms with van der Waals surface area (Å²) in [5.41, 5.74) is 1.81. The highest BCUT2D eigenvalue weighted by Gasteiger charge is 2.10. The minimum absolute atomic E-state index is 0.0743. The van der Waals surface area contributed by atoms with Crippen LogP contribution < -0.4 is 10.3 Å². The molecular weight excluding hydrogens is 376 g/mol. The van der Waals surface area contributed by atoms with E-state index >= 15 is 0 Å². The largest absolute Gasteiger partial charge is 0.496 e. The van der Waals surface area contributed by atoms with Gasteiger partial charge in [0, 0.05) is 17.7 Å². The van der Waals surface area contributed by atoms with E-state index in [-0.39, 0.29) is 12.2 Å². The van der Waals surface area contributed by atoms with E-state index < -0.39 is 5.97 Å². The summed E-state index contributed by atoms with van der Waals surface area (Å²) in [5.74, 6) is 0.140. The van der Waals surface area contributed by atoms with E-state index in [1.165, 1.54) is 23.5 Å². The summed E-state index contributed by atoms with van der Waals surface area (Å²) >= 11 is 1.42. The fourth-order valence-corrected chi connectivity index (χ4v) is 3.90. The summed E-state index contributed by atoms with van der Waals surface area (Å²) in [5, 5.41) is 0. The van der Waals surface area contributed by atoms with Crippen molar-refractivity contribution >= 4 is 38.6 Å². The fraction of sp³-hybridized carbons (Fsp3) is 0.0952. The maximum absolute atomic E-state index is 12.5. The lowest BCUT2D eigenvalue weighted by molar-refractivity contribution is -0.139. The van der Waals surface area contributed by atoms with E-state index in [1.54, 1.807) is 17.6 Å². The number of aromatic nitrogens is 2. The first-order valence-electron chi connectivity index (χ1n) is 8.54. The molecule has 2 aromatic carbocycles. The molecule has 4 aromatic rings. The van der Waals surface area contributed by atoms with Gasteiger partial charge in [0.05, 0.1) is 23.0 Å². The van der Waals surface area contributed by atoms with Gasteiger partial charge in [-0.15, -0.1) is 0 Å². The first-order chi connectivity index (χ1) is 13.7. The molecule has 0 N–H and O–H groups in total. The summed E-state index contributed by atoms with van der Waals surface area (Å²) in [6, 6.07) is 16.4. The quantitative estimate of drug-likeness (QED) is 0.383. The van der Waals surface area contributed by atoms with E-state index in [2.05, 4.69) is 4.98 Å². The van der Waals surface area contributed by atoms with Crippen molar-refractivity contribution in [3.05, 3.63) is 82.3 Å². The second-order valence-corrected chi connectivity index (χ2v) is 6.97. The summed E-state index contributed by atoms with van der Waals surface area (Å²) in [6.07, 6.45) is 2.95. The number of methoxy groups -OCH3 is 1. The lowest BCUT2D eigenvalue weighted by Gasteiger charge is -2.04. The highest BCUT2D eigenvalue weighted by Crippen LogP contribution is 2.23. The maximum Gasteiger partial charge on any atom is 0.331 e. The molecule has 0 fully saturated rings. The van der Waals surface area contributed by atoms with Gasteiger partial charge in [0.1, 0.15) is 12.4 Å². The highest BCUT2D eigenvalue weighted by atomic mass is 32.1. The van der Waals surface area contributed by atoms with Crippen LogP contribution in [-0.2, 0) is 16.1 Å². The normalized spacial score (nSPS) is 11.3. The van der Waals surface area contributed by atoms with Crippen molar-refractivity contribution in [3.8, 4) is 5.75 Å². The number of benzene rings is 2. The van der Waals surface area contributed by atoms with E-state index in [0.29, 0.717) is 16.4 Å². The maximum atomic E-state index is 12.5. The van der Waals surface area contributed by atoms with Gasteiger partial charge in [0.25, 0.3) is 5.56 Å². The second-order valence-electron chi connectivity index (χ2n) is 5.96. The SMILES string of the molecule is COc1ccccc1/C=C/C(=O)OCc1cc(=O)n2c(n1)sc1ccccc12. The van der Waals surface area contributed by atoms with Gasteiger partial charge in [0.15, 0.2) is 4.96 Å². The van der Waals surface area contributed by atoms with Crippen molar-refractivity contribution < 1.29 is 14.3 Å². The average molecular weight is 392 g/mol. The minimum Gasteiger partial charge on any atom is -0.496 e. The minimum atomic E-state index is -0.524. The van der Waals surface area contributed by atoms with Gasteiger partial charge in [-0.1, -0.05) is 41.7 Å². The first-order valence-corrected chi connectivity index (χ1v) is 9.35. The number of rotatable bonds is 5. The van der Waals surface area contributed by atoms with E-state index in [9.17, 15) is 9.59 Å². The highest BCUT2D eigenvalue weighted by molar-refractivity contribution is 7.23. The van der Waals surface area contributed by atoms with Crippen LogP contribution in [0.25, 0.3) is 21.3 Å². The van der Waals surface area contributed by atoms with E-state index in [1.807, 2.05) is 48.5 Å². The standard InChI is InChI=1S/C21H16N2O4S/c1-26-17-8-4-2-6-14(17)10-11-20(25)27-13-15-12-19(24)23-16-7-3-5-9-18(16)28-21(23)22-15/h2-12H,13H2,1H3/b11-10+. The Labute approximate surface area is 164 Å². The molecule has 7 heteroatoms. The molecule has 2 heterocycles. The van der Waals surface area contributed by atoms with Crippen LogP contribution in [0, 0.1) is 0 Å². The van der Waals surface area contributed by atoms with Crippen LogP contribution in [0.1, 0.15) is 11.3 Å². The molecule has 0 spiro atoms. The van der Waals surface area contributed by atoms with E-state index in [4.69, 9.17) is 9.47 Å². The van der Waals surface area contributed by atoms with Crippen LogP contribution in [0.2, 0.25) is 0 Å². The fourth-order valence-electron chi connectivity index (χ4n) is 2.85. The number of carbonyl (C=O) groups is 1. The molecule has 0 aliphatic heterocycles. The molecule has 0 radical (unpaired) electrons. The van der Waals surface area contributed by atoms with Crippen LogP contribution >= 0.6 is 11.3 Å². The summed E-state index contributed by atoms with van der Waals surface area (Å²) in [7, 11) is 1.57. The van der Waals surface area contributed by atoms with Crippen molar-refractivity contribution in [2.45, 2.75) is 6.61 Å². The molecule has 0 saturated carbocycles. The Hall–Kier alpha value is -3.45. The van der Waals surface area contributed by atoms with Crippen LogP contribution in [-0.4, -0.2) is 22.5 Å². The van der Waals surface area contributed by atoms with Gasteiger partial charge in [-0.05, 0) is 24.3 Å². The number of carbonyl (C=O) groups excluding carboxylic acids is 1. The number of esters is 1. The summed E-state index contributed by atoms with van der Waals surface area (Å²) < 4.78 is 13.0. The first kappa shape index (κ1) is 17.9. The van der Waals surface area contributed by atoms with Gasteiger partial charge >= 0.3 is 5.97 Å². The van der Waals surface area contributed by atoms with Crippen LogP contribution in [0.5, 0.6) is 5.75 Å². The Balaban J connectivity index is 1.51. The summed E-state index contributed by atoms with van der Waals surface area (Å²) in [4.78, 5) is 29.5. The molecule has 0 aliphatic rings. The number of hydrogen-bond acceptors (Lipinski definition) is 6. The second kappa shape index (κ2) is 7.66. The van der Waals surface area contributed by atoms with Crippen LogP contribution in [0.15, 0.2) is 65.5 Å². The monoisotopic (exact) mass is 392 g/mol. The van der Waals surface area contributed by atoms with Crippen molar-refractivity contribution in [1.29, 1.82) is 0 Å². The zero-order valence-electron chi connectivity index (χ0n) is 15.0. The smallest absolute Gasteiger partial charge is 0.331 e. The predicted molar refractivity (Wildman–Crippen MR) is 109 cm³/mol. The van der Waals surface area contributed by atoms with Crippen LogP contribution in [0.4, 0.5) is 0 Å². The van der Waals surface area contributed by atoms with Crippen LogP contribution in [0.3, 0.4) is 0 Å². The molecule has 0 atom stereocenters. The van der Waals surface area contributed by atoms with Gasteiger partial charge in [0.2, 0.25) is 0 Å². The third kappa shape index (κ3) is 3.52. The van der Waals surface area contributed by atoms with Gasteiger partial charge in [-0.2, -0.15) is 0 Å². The third-order valence-corrected chi connectivity index (χ3v) is 5.17. The molecule has 140 valence electrons. The third-order valence-electron chi connectivity index (χ3n) is 4.15. The molecule has 6 nitrogen and oxygen atoms in total. The molecule has 0 bridgehead atoms. The number of hydrogen-bond donors (Lipinski definition) is 0. The van der Waals surface area contributed by atoms with Gasteiger partial charge in [-0.3, -0.25) is 9.20 Å². The topological polar surface area (TPSA) is 69.9 Å². The Morgan fingerprint density at radius 1 is 1.18 bits per heavy atom. The summed E-state index contributed by atoms with van der Waals surface area (Å²) in [6.45, 7) is -0.0743. The molecule has 0 aliphatic carbocycles. The Kier molecular flexibility index (Phi) is 4.90. The molecule has 0 saturated heterocycles. The number of ether oxygens (including phenoxy) is 2. The number of para-hydroxylation sites is 2. The molecule has 2 aromatic heterocycles. The van der Waals surface area contributed by atoms with Crippen molar-refractivity contribution in [2.75, 3.05) is 7.11 Å². The molecule has 4 rings (SSSR count). The number of fused-ring (bicyclic) bond motifs is 3. The number of thiazole rings is 1. The predicted octanol–water partition coefficient (Wildman–Crippen LogP) is 3.67. The van der Waals surface area contributed by atoms with Gasteiger partial charge in [-0.25, -0.2) is 9.78 Å². The van der Waals surface area contributed by atoms with Crippen molar-refractivity contribution in [3.63, 3.8) is 0 Å². The molecule has 0 amide bonds. The molecular formula is C21H16N2O4S. The Morgan fingerprint density at radius 2 is 1.96 bits per heavy atom. The average Bonchev–Trinajstić information content (AvgIpc) is 3.09. The van der Waals surface area contributed by atoms with Gasteiger partial charge < -0.3 is 9.47 Å². The molecule has 28 heavy (non-hydrogen) atoms. The van der Waals surface area contributed by atoms with Crippen molar-refractivity contribution in [2.24, 2.45) is 0 Å². The van der Waals surface area contributed by atoms with Crippen molar-refractivity contribution in [1.82, 2.24) is 9.38 Å². The Morgan fingerprint density at radius 3 is 2.82 bits per heavy atom. The Bertz CT molecular complexity index is 1260. The zero-order valence-corrected chi connectivity index (χ0v) is 15.8. The van der Waals surface area contributed by atoms with E-state index in [0.717, 1.165) is 15.8 Å². The zero-order chi connectivity index (χ0) is 19.5. The molecule has 0 unspecified atom stereocenters. The number of nitrogens with zero attached hydrogens (tertiary/aromatic N) is 2. The lowest BCUT2D eigenvalue weighted by Crippen LogP contribution is -2.15. The lowest BCUT2D eigenvalue weighted by atomic mass is 10.2.